The van der Waals surface area contributed by atoms with Crippen molar-refractivity contribution in [2.24, 2.45) is 7.05 Å². The molecule has 0 unspecified atom stereocenters. The molecular weight excluding hydrogens is 422 g/mol. The van der Waals surface area contributed by atoms with Crippen molar-refractivity contribution in [3.8, 4) is 5.75 Å². The number of aromatic nitrogens is 3. The Morgan fingerprint density at radius 3 is 2.53 bits per heavy atom. The maximum atomic E-state index is 13.4. The zero-order chi connectivity index (χ0) is 21.0. The molecule has 7 nitrogen and oxygen atoms in total. The second kappa shape index (κ2) is 10.7. The average Bonchev–Trinajstić information content (AvgIpc) is 3.28. The van der Waals surface area contributed by atoms with Gasteiger partial charge in [-0.1, -0.05) is 31.3 Å². The summed E-state index contributed by atoms with van der Waals surface area (Å²) in [7, 11) is 1.83. The van der Waals surface area contributed by atoms with Gasteiger partial charge in [0.05, 0.1) is 11.3 Å². The van der Waals surface area contributed by atoms with Crippen LogP contribution in [0.15, 0.2) is 24.4 Å². The summed E-state index contributed by atoms with van der Waals surface area (Å²) >= 11 is 1.51. The van der Waals surface area contributed by atoms with Crippen molar-refractivity contribution in [3.05, 3.63) is 35.7 Å². The molecule has 0 radical (unpaired) electrons. The minimum absolute atomic E-state index is 0. The van der Waals surface area contributed by atoms with E-state index in [1.807, 2.05) is 45.3 Å². The first kappa shape index (κ1) is 24.1. The van der Waals surface area contributed by atoms with Gasteiger partial charge in [-0.2, -0.15) is 5.10 Å². The first-order chi connectivity index (χ1) is 14.0. The Bertz CT molecular complexity index is 983. The summed E-state index contributed by atoms with van der Waals surface area (Å²) in [4.78, 5) is 22.3. The lowest BCUT2D eigenvalue weighted by atomic mass is 10.2. The van der Waals surface area contributed by atoms with Crippen molar-refractivity contribution >= 4 is 45.0 Å². The highest BCUT2D eigenvalue weighted by molar-refractivity contribution is 7.22. The molecular formula is C21H30ClN5O2S. The first-order valence-corrected chi connectivity index (χ1v) is 10.9. The molecule has 0 atom stereocenters. The fourth-order valence-corrected chi connectivity index (χ4v) is 4.32. The molecule has 0 fully saturated rings. The lowest BCUT2D eigenvalue weighted by molar-refractivity contribution is 0.0977. The number of para-hydroxylation sites is 1. The van der Waals surface area contributed by atoms with Crippen LogP contribution in [-0.2, 0) is 7.05 Å². The van der Waals surface area contributed by atoms with Gasteiger partial charge in [-0.05, 0) is 39.1 Å². The number of ether oxygens (including phenoxy) is 1. The van der Waals surface area contributed by atoms with Crippen LogP contribution in [0.1, 0.15) is 36.8 Å². The van der Waals surface area contributed by atoms with Gasteiger partial charge in [-0.25, -0.2) is 4.98 Å². The molecule has 3 aromatic rings. The molecule has 1 aromatic carbocycles. The van der Waals surface area contributed by atoms with Crippen molar-refractivity contribution in [3.63, 3.8) is 0 Å². The van der Waals surface area contributed by atoms with Gasteiger partial charge < -0.3 is 9.64 Å². The van der Waals surface area contributed by atoms with Gasteiger partial charge >= 0.3 is 0 Å². The van der Waals surface area contributed by atoms with Gasteiger partial charge in [0.25, 0.3) is 5.91 Å². The molecule has 0 aliphatic rings. The maximum Gasteiger partial charge on any atom is 0.280 e. The van der Waals surface area contributed by atoms with E-state index in [1.54, 1.807) is 9.58 Å². The van der Waals surface area contributed by atoms with Crippen LogP contribution in [0.4, 0.5) is 5.13 Å². The molecule has 9 heteroatoms. The highest BCUT2D eigenvalue weighted by Crippen LogP contribution is 2.34. The third-order valence-electron chi connectivity index (χ3n) is 4.90. The number of carbonyl (C=O) groups is 1. The Morgan fingerprint density at radius 2 is 1.93 bits per heavy atom. The smallest absolute Gasteiger partial charge is 0.280 e. The van der Waals surface area contributed by atoms with Gasteiger partial charge in [-0.15, -0.1) is 12.4 Å². The van der Waals surface area contributed by atoms with Crippen molar-refractivity contribution < 1.29 is 9.53 Å². The predicted molar refractivity (Wildman–Crippen MR) is 125 cm³/mol. The topological polar surface area (TPSA) is 63.5 Å². The number of nitrogens with zero attached hydrogens (tertiary/aromatic N) is 5. The summed E-state index contributed by atoms with van der Waals surface area (Å²) in [6.45, 7) is 11.9. The standard InChI is InChI=1S/C21H29N5O2S.ClH/c1-6-25(7-2)12-13-26(20(27)18-15(4)14-24(5)23-18)21-22-19-16(28-8-3)10-9-11-17(19)29-21;/h9-11,14H,6-8,12-13H2,1-5H3;1H. The fourth-order valence-electron chi connectivity index (χ4n) is 3.31. The molecule has 2 heterocycles. The van der Waals surface area contributed by atoms with Crippen molar-refractivity contribution in [1.29, 1.82) is 0 Å². The van der Waals surface area contributed by atoms with Crippen LogP contribution in [0.3, 0.4) is 0 Å². The number of hydrogen-bond donors (Lipinski definition) is 0. The van der Waals surface area contributed by atoms with E-state index in [-0.39, 0.29) is 18.3 Å². The molecule has 30 heavy (non-hydrogen) atoms. The SMILES string of the molecule is CCOc1cccc2sc(N(CCN(CC)CC)C(=O)c3nn(C)cc3C)nc12.Cl. The van der Waals surface area contributed by atoms with E-state index in [9.17, 15) is 4.79 Å². The van der Waals surface area contributed by atoms with Crippen molar-refractivity contribution in [2.45, 2.75) is 27.7 Å². The van der Waals surface area contributed by atoms with E-state index < -0.39 is 0 Å². The number of anilines is 1. The number of hydrogen-bond acceptors (Lipinski definition) is 6. The number of amides is 1. The second-order valence-corrected chi connectivity index (χ2v) is 7.86. The maximum absolute atomic E-state index is 13.4. The zero-order valence-electron chi connectivity index (χ0n) is 18.2. The van der Waals surface area contributed by atoms with Crippen molar-refractivity contribution in [2.75, 3.05) is 37.7 Å². The number of benzene rings is 1. The lowest BCUT2D eigenvalue weighted by Gasteiger charge is -2.24. The fraction of sp³-hybridized carbons (Fsp3) is 0.476. The molecule has 0 N–H and O–H groups in total. The summed E-state index contributed by atoms with van der Waals surface area (Å²) in [5.74, 6) is 0.630. The number of halogens is 1. The summed E-state index contributed by atoms with van der Waals surface area (Å²) < 4.78 is 8.41. The first-order valence-electron chi connectivity index (χ1n) is 10.0. The van der Waals surface area contributed by atoms with Crippen LogP contribution < -0.4 is 9.64 Å². The minimum atomic E-state index is -0.118. The highest BCUT2D eigenvalue weighted by atomic mass is 35.5. The van der Waals surface area contributed by atoms with Gasteiger partial charge in [-0.3, -0.25) is 14.4 Å². The van der Waals surface area contributed by atoms with E-state index in [0.717, 1.165) is 41.2 Å². The van der Waals surface area contributed by atoms with Gasteiger partial charge in [0.2, 0.25) is 0 Å². The number of carbonyl (C=O) groups excluding carboxylic acids is 1. The monoisotopic (exact) mass is 451 g/mol. The summed E-state index contributed by atoms with van der Waals surface area (Å²) in [6.07, 6.45) is 1.86. The Balaban J connectivity index is 0.00000320. The Hall–Kier alpha value is -2.16. The number of likely N-dealkylation sites (N-methyl/N-ethyl adjacent to an activating group) is 1. The largest absolute Gasteiger partial charge is 0.492 e. The van der Waals surface area contributed by atoms with Crippen LogP contribution in [0.5, 0.6) is 5.75 Å². The van der Waals surface area contributed by atoms with E-state index >= 15 is 0 Å². The number of thiazole rings is 1. The van der Waals surface area contributed by atoms with E-state index in [1.165, 1.54) is 11.3 Å². The highest BCUT2D eigenvalue weighted by Gasteiger charge is 2.25. The third-order valence-corrected chi connectivity index (χ3v) is 5.94. The molecule has 0 aliphatic carbocycles. The summed E-state index contributed by atoms with van der Waals surface area (Å²) in [6, 6.07) is 5.89. The molecule has 1 amide bonds. The molecule has 2 aromatic heterocycles. The number of rotatable bonds is 9. The summed E-state index contributed by atoms with van der Waals surface area (Å²) in [5.41, 5.74) is 2.13. The number of aryl methyl sites for hydroxylation is 2. The molecule has 3 rings (SSSR count). The van der Waals surface area contributed by atoms with Gasteiger partial charge in [0.15, 0.2) is 10.8 Å². The van der Waals surface area contributed by atoms with Crippen LogP contribution in [-0.4, -0.2) is 58.4 Å². The lowest BCUT2D eigenvalue weighted by Crippen LogP contribution is -2.39. The van der Waals surface area contributed by atoms with Crippen LogP contribution in [0.2, 0.25) is 0 Å². The molecule has 0 saturated heterocycles. The van der Waals surface area contributed by atoms with Crippen LogP contribution in [0.25, 0.3) is 10.2 Å². The van der Waals surface area contributed by atoms with Crippen molar-refractivity contribution in [1.82, 2.24) is 19.7 Å². The minimum Gasteiger partial charge on any atom is -0.492 e. The molecule has 0 bridgehead atoms. The quantitative estimate of drug-likeness (QED) is 0.489. The molecule has 0 saturated carbocycles. The molecule has 0 aliphatic heterocycles. The van der Waals surface area contributed by atoms with E-state index in [0.29, 0.717) is 24.0 Å². The normalized spacial score (nSPS) is 11.0. The Kier molecular flexibility index (Phi) is 8.64. The Morgan fingerprint density at radius 1 is 1.20 bits per heavy atom. The van der Waals surface area contributed by atoms with Gasteiger partial charge in [0, 0.05) is 31.9 Å². The molecule has 0 spiro atoms. The van der Waals surface area contributed by atoms with Crippen LogP contribution in [0, 0.1) is 6.92 Å². The van der Waals surface area contributed by atoms with Gasteiger partial charge in [0.1, 0.15) is 11.3 Å². The number of fused-ring (bicyclic) bond motifs is 1. The Labute approximate surface area is 188 Å². The molecule has 164 valence electrons. The zero-order valence-corrected chi connectivity index (χ0v) is 19.8. The predicted octanol–water partition coefficient (Wildman–Crippen LogP) is 4.15. The summed E-state index contributed by atoms with van der Waals surface area (Å²) in [5, 5.41) is 5.06. The third kappa shape index (κ3) is 5.11. The van der Waals surface area contributed by atoms with E-state index in [4.69, 9.17) is 9.72 Å². The second-order valence-electron chi connectivity index (χ2n) is 6.85. The average molecular weight is 452 g/mol. The van der Waals surface area contributed by atoms with E-state index in [2.05, 4.69) is 23.8 Å². The van der Waals surface area contributed by atoms with Crippen LogP contribution >= 0.6 is 23.7 Å².